The van der Waals surface area contributed by atoms with E-state index in [9.17, 15) is 4.79 Å². The van der Waals surface area contributed by atoms with Crippen LogP contribution in [0.1, 0.15) is 30.0 Å². The van der Waals surface area contributed by atoms with Gasteiger partial charge in [0.2, 0.25) is 0 Å². The van der Waals surface area contributed by atoms with Crippen LogP contribution in [-0.4, -0.2) is 43.7 Å². The molecule has 1 atom stereocenters. The average molecular weight is 290 g/mol. The van der Waals surface area contributed by atoms with Gasteiger partial charge < -0.3 is 20.1 Å². The Hall–Kier alpha value is -1.59. The van der Waals surface area contributed by atoms with Gasteiger partial charge in [-0.2, -0.15) is 0 Å². The van der Waals surface area contributed by atoms with Crippen LogP contribution in [-0.2, 0) is 16.0 Å². The fourth-order valence-corrected chi connectivity index (χ4v) is 2.95. The minimum atomic E-state index is 0.0142. The lowest BCUT2D eigenvalue weighted by Gasteiger charge is -2.27. The van der Waals surface area contributed by atoms with Gasteiger partial charge in [0.15, 0.2) is 6.61 Å². The summed E-state index contributed by atoms with van der Waals surface area (Å²) in [5.74, 6) is 0.744. The second kappa shape index (κ2) is 6.45. The van der Waals surface area contributed by atoms with E-state index in [-0.39, 0.29) is 18.6 Å². The first kappa shape index (κ1) is 14.4. The predicted octanol–water partition coefficient (Wildman–Crippen LogP) is 1.26. The van der Waals surface area contributed by atoms with Crippen molar-refractivity contribution in [2.45, 2.75) is 25.3 Å². The van der Waals surface area contributed by atoms with E-state index in [2.05, 4.69) is 6.07 Å². The highest BCUT2D eigenvalue weighted by molar-refractivity contribution is 5.77. The average Bonchev–Trinajstić information content (AvgIpc) is 2.54. The van der Waals surface area contributed by atoms with Crippen molar-refractivity contribution < 1.29 is 14.3 Å². The number of ether oxygens (including phenoxy) is 2. The van der Waals surface area contributed by atoms with Gasteiger partial charge >= 0.3 is 0 Å². The second-order valence-corrected chi connectivity index (χ2v) is 5.64. The Labute approximate surface area is 125 Å². The van der Waals surface area contributed by atoms with Crippen LogP contribution in [0.2, 0.25) is 0 Å². The largest absolute Gasteiger partial charge is 0.484 e. The van der Waals surface area contributed by atoms with Crippen molar-refractivity contribution in [1.29, 1.82) is 0 Å². The number of amides is 1. The Kier molecular flexibility index (Phi) is 4.41. The molecule has 1 fully saturated rings. The van der Waals surface area contributed by atoms with Gasteiger partial charge in [0.1, 0.15) is 5.75 Å². The predicted molar refractivity (Wildman–Crippen MR) is 79.2 cm³/mol. The lowest BCUT2D eigenvalue weighted by atomic mass is 9.88. The van der Waals surface area contributed by atoms with E-state index in [0.29, 0.717) is 26.3 Å². The first-order valence-corrected chi connectivity index (χ1v) is 7.61. The summed E-state index contributed by atoms with van der Waals surface area (Å²) in [6.45, 7) is 2.60. The fraction of sp³-hybridized carbons (Fsp3) is 0.562. The van der Waals surface area contributed by atoms with Crippen molar-refractivity contribution in [1.82, 2.24) is 4.90 Å². The molecule has 1 aromatic carbocycles. The molecule has 1 unspecified atom stereocenters. The zero-order valence-electron chi connectivity index (χ0n) is 12.2. The van der Waals surface area contributed by atoms with Gasteiger partial charge in [-0.1, -0.05) is 6.07 Å². The van der Waals surface area contributed by atoms with E-state index >= 15 is 0 Å². The highest BCUT2D eigenvalue weighted by Gasteiger charge is 2.19. The molecule has 0 radical (unpaired) electrons. The number of aryl methyl sites for hydroxylation is 1. The van der Waals surface area contributed by atoms with Crippen LogP contribution in [0, 0.1) is 0 Å². The van der Waals surface area contributed by atoms with E-state index in [0.717, 1.165) is 30.6 Å². The summed E-state index contributed by atoms with van der Waals surface area (Å²) >= 11 is 0. The van der Waals surface area contributed by atoms with Crippen LogP contribution in [0.4, 0.5) is 0 Å². The normalized spacial score (nSPS) is 21.8. The lowest BCUT2D eigenvalue weighted by Crippen LogP contribution is -2.43. The Morgan fingerprint density at radius 1 is 1.38 bits per heavy atom. The maximum absolute atomic E-state index is 12.0. The van der Waals surface area contributed by atoms with Crippen LogP contribution in [0.5, 0.6) is 5.75 Å². The van der Waals surface area contributed by atoms with E-state index in [4.69, 9.17) is 15.2 Å². The number of hydrogen-bond acceptors (Lipinski definition) is 4. The van der Waals surface area contributed by atoms with E-state index < -0.39 is 0 Å². The standard InChI is InChI=1S/C16H22N2O3/c17-15-3-1-2-12-4-5-13(10-14(12)15)21-11-16(19)18-6-8-20-9-7-18/h4-5,10,15H,1-3,6-9,11,17H2. The SMILES string of the molecule is NC1CCCc2ccc(OCC(=O)N3CCOCC3)cc21. The van der Waals surface area contributed by atoms with E-state index in [1.807, 2.05) is 12.1 Å². The number of hydrogen-bond donors (Lipinski definition) is 1. The molecule has 1 aromatic rings. The molecule has 114 valence electrons. The van der Waals surface area contributed by atoms with Gasteiger partial charge in [0.25, 0.3) is 5.91 Å². The summed E-state index contributed by atoms with van der Waals surface area (Å²) in [4.78, 5) is 13.8. The minimum Gasteiger partial charge on any atom is -0.484 e. The molecule has 21 heavy (non-hydrogen) atoms. The molecule has 0 spiro atoms. The Morgan fingerprint density at radius 2 is 2.19 bits per heavy atom. The third kappa shape index (κ3) is 3.36. The number of nitrogens with two attached hydrogens (primary N) is 1. The van der Waals surface area contributed by atoms with E-state index in [1.54, 1.807) is 4.90 Å². The van der Waals surface area contributed by atoms with Gasteiger partial charge in [-0.25, -0.2) is 0 Å². The highest BCUT2D eigenvalue weighted by Crippen LogP contribution is 2.30. The first-order chi connectivity index (χ1) is 10.2. The number of fused-ring (bicyclic) bond motifs is 1. The molecular weight excluding hydrogens is 268 g/mol. The number of carbonyl (C=O) groups is 1. The van der Waals surface area contributed by atoms with Crippen LogP contribution >= 0.6 is 0 Å². The summed E-state index contributed by atoms with van der Waals surface area (Å²) in [7, 11) is 0. The smallest absolute Gasteiger partial charge is 0.260 e. The summed E-state index contributed by atoms with van der Waals surface area (Å²) in [5.41, 5.74) is 8.61. The Bertz CT molecular complexity index is 512. The number of morpholine rings is 1. The van der Waals surface area contributed by atoms with Crippen molar-refractivity contribution in [3.63, 3.8) is 0 Å². The third-order valence-electron chi connectivity index (χ3n) is 4.20. The maximum atomic E-state index is 12.0. The Balaban J connectivity index is 1.60. The van der Waals surface area contributed by atoms with Crippen molar-refractivity contribution in [2.24, 2.45) is 5.73 Å². The van der Waals surface area contributed by atoms with Gasteiger partial charge in [-0.3, -0.25) is 4.79 Å². The van der Waals surface area contributed by atoms with Crippen LogP contribution < -0.4 is 10.5 Å². The number of nitrogens with zero attached hydrogens (tertiary/aromatic N) is 1. The zero-order chi connectivity index (χ0) is 14.7. The maximum Gasteiger partial charge on any atom is 0.260 e. The zero-order valence-corrected chi connectivity index (χ0v) is 12.2. The molecule has 1 aliphatic heterocycles. The minimum absolute atomic E-state index is 0.0142. The first-order valence-electron chi connectivity index (χ1n) is 7.61. The number of carbonyl (C=O) groups excluding carboxylic acids is 1. The molecule has 0 saturated carbocycles. The van der Waals surface area contributed by atoms with Crippen LogP contribution in [0.15, 0.2) is 18.2 Å². The molecule has 1 aliphatic carbocycles. The van der Waals surface area contributed by atoms with Gasteiger partial charge in [-0.05, 0) is 42.5 Å². The molecule has 2 N–H and O–H groups in total. The fourth-order valence-electron chi connectivity index (χ4n) is 2.95. The van der Waals surface area contributed by atoms with Gasteiger partial charge in [0, 0.05) is 19.1 Å². The molecular formula is C16H22N2O3. The van der Waals surface area contributed by atoms with Gasteiger partial charge in [-0.15, -0.1) is 0 Å². The van der Waals surface area contributed by atoms with Gasteiger partial charge in [0.05, 0.1) is 13.2 Å². The molecule has 0 bridgehead atoms. The lowest BCUT2D eigenvalue weighted by molar-refractivity contribution is -0.137. The van der Waals surface area contributed by atoms with Crippen molar-refractivity contribution >= 4 is 5.91 Å². The number of rotatable bonds is 3. The number of benzene rings is 1. The molecule has 1 amide bonds. The van der Waals surface area contributed by atoms with Crippen LogP contribution in [0.25, 0.3) is 0 Å². The second-order valence-electron chi connectivity index (χ2n) is 5.64. The molecule has 2 aliphatic rings. The van der Waals surface area contributed by atoms with Crippen molar-refractivity contribution in [2.75, 3.05) is 32.9 Å². The Morgan fingerprint density at radius 3 is 3.00 bits per heavy atom. The molecule has 1 saturated heterocycles. The quantitative estimate of drug-likeness (QED) is 0.910. The monoisotopic (exact) mass is 290 g/mol. The van der Waals surface area contributed by atoms with Crippen molar-refractivity contribution in [3.05, 3.63) is 29.3 Å². The topological polar surface area (TPSA) is 64.8 Å². The van der Waals surface area contributed by atoms with Crippen LogP contribution in [0.3, 0.4) is 0 Å². The summed E-state index contributed by atoms with van der Waals surface area (Å²) in [6.07, 6.45) is 3.24. The summed E-state index contributed by atoms with van der Waals surface area (Å²) in [5, 5.41) is 0. The highest BCUT2D eigenvalue weighted by atomic mass is 16.5. The summed E-state index contributed by atoms with van der Waals surface area (Å²) in [6, 6.07) is 6.09. The molecule has 1 heterocycles. The summed E-state index contributed by atoms with van der Waals surface area (Å²) < 4.78 is 10.9. The molecule has 3 rings (SSSR count). The van der Waals surface area contributed by atoms with E-state index in [1.165, 1.54) is 5.56 Å². The third-order valence-corrected chi connectivity index (χ3v) is 4.20. The molecule has 5 nitrogen and oxygen atoms in total. The molecule has 0 aromatic heterocycles. The molecule has 5 heteroatoms. The van der Waals surface area contributed by atoms with Crippen molar-refractivity contribution in [3.8, 4) is 5.75 Å².